The Bertz CT molecular complexity index is 733. The number of rotatable bonds is 8. The summed E-state index contributed by atoms with van der Waals surface area (Å²) in [5.74, 6) is 2.15. The molecule has 8 heteroatoms. The molecule has 0 radical (unpaired) electrons. The van der Waals surface area contributed by atoms with E-state index in [-0.39, 0.29) is 5.91 Å². The molecule has 1 amide bonds. The molecule has 25 heavy (non-hydrogen) atoms. The molecule has 0 atom stereocenters. The van der Waals surface area contributed by atoms with Gasteiger partial charge < -0.3 is 19.5 Å². The van der Waals surface area contributed by atoms with Gasteiger partial charge in [0.15, 0.2) is 11.5 Å². The third-order valence-corrected chi connectivity index (χ3v) is 4.98. The van der Waals surface area contributed by atoms with Gasteiger partial charge in [-0.2, -0.15) is 0 Å². The number of carbonyl (C=O) groups is 1. The van der Waals surface area contributed by atoms with E-state index in [1.807, 2.05) is 12.1 Å². The summed E-state index contributed by atoms with van der Waals surface area (Å²) >= 11 is 1.46. The molecule has 3 rings (SSSR count). The van der Waals surface area contributed by atoms with E-state index in [4.69, 9.17) is 14.2 Å². The van der Waals surface area contributed by atoms with Gasteiger partial charge in [0.1, 0.15) is 5.01 Å². The molecule has 0 saturated heterocycles. The molecule has 0 unspecified atom stereocenters. The molecule has 2 aromatic rings. The maximum absolute atomic E-state index is 12.2. The van der Waals surface area contributed by atoms with Crippen LogP contribution in [0.25, 0.3) is 0 Å². The third kappa shape index (κ3) is 4.19. The Morgan fingerprint density at radius 2 is 1.84 bits per heavy atom. The first kappa shape index (κ1) is 17.5. The summed E-state index contributed by atoms with van der Waals surface area (Å²) in [5, 5.41) is 12.5. The van der Waals surface area contributed by atoms with Crippen molar-refractivity contribution in [3.05, 3.63) is 22.7 Å². The monoisotopic (exact) mass is 363 g/mol. The molecule has 1 aromatic heterocycles. The van der Waals surface area contributed by atoms with Crippen LogP contribution in [0.5, 0.6) is 17.2 Å². The highest BCUT2D eigenvalue weighted by Crippen LogP contribution is 2.42. The lowest BCUT2D eigenvalue weighted by Crippen LogP contribution is -2.12. The summed E-state index contributed by atoms with van der Waals surface area (Å²) in [5.41, 5.74) is 0.931. The van der Waals surface area contributed by atoms with Crippen LogP contribution in [0.3, 0.4) is 0 Å². The van der Waals surface area contributed by atoms with Crippen molar-refractivity contribution in [2.75, 3.05) is 26.6 Å². The average molecular weight is 363 g/mol. The molecular weight excluding hydrogens is 342 g/mol. The molecule has 0 aliphatic heterocycles. The van der Waals surface area contributed by atoms with E-state index in [1.165, 1.54) is 24.2 Å². The first-order valence-corrected chi connectivity index (χ1v) is 8.88. The van der Waals surface area contributed by atoms with Crippen LogP contribution in [0.2, 0.25) is 0 Å². The standard InChI is InChI=1S/C17H21N3O4S/c1-22-12-8-10(9-13(23-2)15(12)24-3)4-7-14(21)18-17-20-19-16(25-17)11-5-6-11/h8-9,11H,4-7H2,1-3H3,(H,18,20,21). The lowest BCUT2D eigenvalue weighted by atomic mass is 10.1. The van der Waals surface area contributed by atoms with Crippen LogP contribution in [0.4, 0.5) is 5.13 Å². The number of aryl methyl sites for hydroxylation is 1. The second-order valence-electron chi connectivity index (χ2n) is 5.80. The average Bonchev–Trinajstić information content (AvgIpc) is 3.38. The number of anilines is 1. The Morgan fingerprint density at radius 1 is 1.16 bits per heavy atom. The number of methoxy groups -OCH3 is 3. The lowest BCUT2D eigenvalue weighted by Gasteiger charge is -2.14. The number of carbonyl (C=O) groups excluding carboxylic acids is 1. The summed E-state index contributed by atoms with van der Waals surface area (Å²) in [6, 6.07) is 3.70. The Morgan fingerprint density at radius 3 is 2.40 bits per heavy atom. The van der Waals surface area contributed by atoms with Crippen molar-refractivity contribution in [1.82, 2.24) is 10.2 Å². The zero-order valence-corrected chi connectivity index (χ0v) is 15.3. The van der Waals surface area contributed by atoms with Gasteiger partial charge in [0, 0.05) is 12.3 Å². The number of nitrogens with one attached hydrogen (secondary N) is 1. The second kappa shape index (κ2) is 7.69. The summed E-state index contributed by atoms with van der Waals surface area (Å²) in [7, 11) is 4.70. The maximum Gasteiger partial charge on any atom is 0.226 e. The number of benzene rings is 1. The molecular formula is C17H21N3O4S. The minimum Gasteiger partial charge on any atom is -0.493 e. The van der Waals surface area contributed by atoms with Crippen LogP contribution < -0.4 is 19.5 Å². The number of nitrogens with zero attached hydrogens (tertiary/aromatic N) is 2. The van der Waals surface area contributed by atoms with Crippen molar-refractivity contribution >= 4 is 22.4 Å². The molecule has 134 valence electrons. The molecule has 0 bridgehead atoms. The molecule has 1 fully saturated rings. The SMILES string of the molecule is COc1cc(CCC(=O)Nc2nnc(C3CC3)s2)cc(OC)c1OC. The maximum atomic E-state index is 12.2. The summed E-state index contributed by atoms with van der Waals surface area (Å²) in [6.07, 6.45) is 3.22. The Labute approximate surface area is 150 Å². The van der Waals surface area contributed by atoms with Crippen LogP contribution in [-0.4, -0.2) is 37.4 Å². The smallest absolute Gasteiger partial charge is 0.226 e. The molecule has 1 saturated carbocycles. The predicted molar refractivity (Wildman–Crippen MR) is 94.9 cm³/mol. The normalized spacial score (nSPS) is 13.4. The van der Waals surface area contributed by atoms with Gasteiger partial charge in [0.25, 0.3) is 0 Å². The zero-order valence-electron chi connectivity index (χ0n) is 14.5. The molecule has 1 aromatic carbocycles. The van der Waals surface area contributed by atoms with Gasteiger partial charge in [-0.3, -0.25) is 4.79 Å². The topological polar surface area (TPSA) is 82.6 Å². The first-order chi connectivity index (χ1) is 12.1. The van der Waals surface area contributed by atoms with Gasteiger partial charge >= 0.3 is 0 Å². The summed E-state index contributed by atoms with van der Waals surface area (Å²) in [4.78, 5) is 12.2. The van der Waals surface area contributed by atoms with Gasteiger partial charge in [-0.05, 0) is 37.0 Å². The fourth-order valence-corrected chi connectivity index (χ4v) is 3.43. The third-order valence-electron chi connectivity index (χ3n) is 3.98. The van der Waals surface area contributed by atoms with E-state index in [0.29, 0.717) is 41.1 Å². The number of ether oxygens (including phenoxy) is 3. The van der Waals surface area contributed by atoms with E-state index in [0.717, 1.165) is 10.6 Å². The largest absolute Gasteiger partial charge is 0.493 e. The molecule has 1 N–H and O–H groups in total. The Hall–Kier alpha value is -2.35. The first-order valence-electron chi connectivity index (χ1n) is 8.06. The quantitative estimate of drug-likeness (QED) is 0.776. The van der Waals surface area contributed by atoms with Crippen molar-refractivity contribution < 1.29 is 19.0 Å². The van der Waals surface area contributed by atoms with Crippen molar-refractivity contribution in [1.29, 1.82) is 0 Å². The fourth-order valence-electron chi connectivity index (χ4n) is 2.50. The van der Waals surface area contributed by atoms with Crippen LogP contribution in [0, 0.1) is 0 Å². The van der Waals surface area contributed by atoms with Gasteiger partial charge in [-0.25, -0.2) is 0 Å². The highest BCUT2D eigenvalue weighted by atomic mass is 32.1. The summed E-state index contributed by atoms with van der Waals surface area (Å²) in [6.45, 7) is 0. The van der Waals surface area contributed by atoms with Crippen LogP contribution >= 0.6 is 11.3 Å². The van der Waals surface area contributed by atoms with Gasteiger partial charge in [-0.15, -0.1) is 10.2 Å². The predicted octanol–water partition coefficient (Wildman–Crippen LogP) is 3.01. The molecule has 1 aliphatic carbocycles. The highest BCUT2D eigenvalue weighted by molar-refractivity contribution is 7.15. The Balaban J connectivity index is 1.60. The molecule has 0 spiro atoms. The van der Waals surface area contributed by atoms with E-state index >= 15 is 0 Å². The highest BCUT2D eigenvalue weighted by Gasteiger charge is 2.27. The molecule has 1 heterocycles. The second-order valence-corrected chi connectivity index (χ2v) is 6.81. The van der Waals surface area contributed by atoms with E-state index in [9.17, 15) is 4.79 Å². The van der Waals surface area contributed by atoms with E-state index < -0.39 is 0 Å². The van der Waals surface area contributed by atoms with Gasteiger partial charge in [0.2, 0.25) is 16.8 Å². The van der Waals surface area contributed by atoms with Gasteiger partial charge in [-0.1, -0.05) is 11.3 Å². The Kier molecular flexibility index (Phi) is 5.37. The number of hydrogen-bond acceptors (Lipinski definition) is 7. The van der Waals surface area contributed by atoms with Crippen molar-refractivity contribution in [3.63, 3.8) is 0 Å². The number of aromatic nitrogens is 2. The summed E-state index contributed by atoms with van der Waals surface area (Å²) < 4.78 is 16.0. The van der Waals surface area contributed by atoms with Crippen molar-refractivity contribution in [2.24, 2.45) is 0 Å². The van der Waals surface area contributed by atoms with Crippen LogP contribution in [0.1, 0.15) is 35.8 Å². The minimum atomic E-state index is -0.0905. The van der Waals surface area contributed by atoms with E-state index in [2.05, 4.69) is 15.5 Å². The fraction of sp³-hybridized carbons (Fsp3) is 0.471. The van der Waals surface area contributed by atoms with Crippen molar-refractivity contribution in [3.8, 4) is 17.2 Å². The molecule has 1 aliphatic rings. The van der Waals surface area contributed by atoms with Crippen LogP contribution in [0.15, 0.2) is 12.1 Å². The van der Waals surface area contributed by atoms with Gasteiger partial charge in [0.05, 0.1) is 21.3 Å². The van der Waals surface area contributed by atoms with Crippen LogP contribution in [-0.2, 0) is 11.2 Å². The number of amides is 1. The van der Waals surface area contributed by atoms with Crippen molar-refractivity contribution in [2.45, 2.75) is 31.6 Å². The zero-order chi connectivity index (χ0) is 17.8. The lowest BCUT2D eigenvalue weighted by molar-refractivity contribution is -0.116. The minimum absolute atomic E-state index is 0.0905. The van der Waals surface area contributed by atoms with E-state index in [1.54, 1.807) is 21.3 Å². The molecule has 7 nitrogen and oxygen atoms in total. The number of hydrogen-bond donors (Lipinski definition) is 1.